The molecular formula is C30H30O13. The predicted molar refractivity (Wildman–Crippen MR) is 147 cm³/mol. The van der Waals surface area contributed by atoms with Gasteiger partial charge in [-0.1, -0.05) is 12.1 Å². The van der Waals surface area contributed by atoms with Crippen LogP contribution in [0.3, 0.4) is 0 Å². The number of fused-ring (bicyclic) bond motifs is 1. The Hall–Kier alpha value is -4.91. The molecule has 1 aliphatic rings. The maximum atomic E-state index is 13.3. The lowest BCUT2D eigenvalue weighted by Crippen LogP contribution is -2.63. The second-order valence-electron chi connectivity index (χ2n) is 9.55. The molecule has 1 aromatic heterocycles. The van der Waals surface area contributed by atoms with Gasteiger partial charge in [-0.05, 0) is 29.8 Å². The molecule has 0 unspecified atom stereocenters. The Bertz CT molecular complexity index is 1560. The number of hydrogen-bond donors (Lipinski definition) is 0. The van der Waals surface area contributed by atoms with Crippen molar-refractivity contribution in [3.8, 4) is 22.6 Å². The average molecular weight is 599 g/mol. The number of methoxy groups -OCH3 is 1. The summed E-state index contributed by atoms with van der Waals surface area (Å²) in [5, 5.41) is 0.266. The second-order valence-corrected chi connectivity index (χ2v) is 9.55. The molecule has 5 atom stereocenters. The third-order valence-corrected chi connectivity index (χ3v) is 6.35. The third kappa shape index (κ3) is 7.49. The highest BCUT2D eigenvalue weighted by Crippen LogP contribution is 2.32. The van der Waals surface area contributed by atoms with E-state index in [-0.39, 0.29) is 22.1 Å². The SMILES string of the molecule is COc1ccc(-c2coc3cc(O[C@H]4O[C@@H](COC(C)=O)[C@@H](OC(C)=O)[C@@H](OC(C)=O)[C@@H]4OC(C)=O)ccc3c2=O)cc1. The quantitative estimate of drug-likeness (QED) is 0.261. The number of ether oxygens (including phenoxy) is 7. The van der Waals surface area contributed by atoms with Crippen molar-refractivity contribution < 1.29 is 56.8 Å². The molecular weight excluding hydrogens is 568 g/mol. The summed E-state index contributed by atoms with van der Waals surface area (Å²) in [7, 11) is 1.54. The van der Waals surface area contributed by atoms with E-state index in [9.17, 15) is 24.0 Å². The molecule has 2 aromatic carbocycles. The molecule has 0 saturated carbocycles. The summed E-state index contributed by atoms with van der Waals surface area (Å²) in [4.78, 5) is 60.8. The maximum absolute atomic E-state index is 13.3. The molecule has 0 amide bonds. The van der Waals surface area contributed by atoms with Crippen LogP contribution in [-0.4, -0.2) is 68.3 Å². The van der Waals surface area contributed by atoms with Gasteiger partial charge in [-0.25, -0.2) is 0 Å². The third-order valence-electron chi connectivity index (χ3n) is 6.35. The number of rotatable bonds is 9. The van der Waals surface area contributed by atoms with Crippen LogP contribution in [0.1, 0.15) is 27.7 Å². The number of carbonyl (C=O) groups excluding carboxylic acids is 4. The predicted octanol–water partition coefficient (Wildman–Crippen LogP) is 2.93. The minimum atomic E-state index is -1.44. The largest absolute Gasteiger partial charge is 0.497 e. The van der Waals surface area contributed by atoms with Gasteiger partial charge >= 0.3 is 23.9 Å². The van der Waals surface area contributed by atoms with Gasteiger partial charge in [0.25, 0.3) is 0 Å². The van der Waals surface area contributed by atoms with Gasteiger partial charge in [-0.3, -0.25) is 24.0 Å². The van der Waals surface area contributed by atoms with Gasteiger partial charge < -0.3 is 37.6 Å². The Morgan fingerprint density at radius 2 is 1.37 bits per heavy atom. The first-order valence-corrected chi connectivity index (χ1v) is 13.1. The monoisotopic (exact) mass is 598 g/mol. The number of esters is 4. The second kappa shape index (κ2) is 13.4. The van der Waals surface area contributed by atoms with Crippen molar-refractivity contribution in [3.63, 3.8) is 0 Å². The first-order chi connectivity index (χ1) is 20.5. The summed E-state index contributed by atoms with van der Waals surface area (Å²) in [5.41, 5.74) is 0.869. The van der Waals surface area contributed by atoms with E-state index in [1.807, 2.05) is 0 Å². The molecule has 13 nitrogen and oxygen atoms in total. The topological polar surface area (TPSA) is 163 Å². The zero-order valence-corrected chi connectivity index (χ0v) is 24.0. The zero-order chi connectivity index (χ0) is 31.3. The molecule has 4 rings (SSSR count). The summed E-state index contributed by atoms with van der Waals surface area (Å²) in [6, 6.07) is 11.3. The Balaban J connectivity index is 1.69. The molecule has 228 valence electrons. The number of carbonyl (C=O) groups is 4. The lowest BCUT2D eigenvalue weighted by Gasteiger charge is -2.43. The smallest absolute Gasteiger partial charge is 0.303 e. The number of benzene rings is 2. The Labute approximate surface area is 245 Å². The molecule has 0 bridgehead atoms. The standard InChI is InChI=1S/C30H30O13/c1-15(31)37-14-25-27(39-16(2)32)28(40-17(3)33)29(41-18(4)34)30(43-25)42-21-10-11-22-24(12-21)38-13-23(26(22)35)19-6-8-20(36-5)9-7-19/h6-13,25,27-30H,14H2,1-5H3/t25-,27+,28+,29-,30-/m0/s1. The van der Waals surface area contributed by atoms with E-state index >= 15 is 0 Å². The summed E-state index contributed by atoms with van der Waals surface area (Å²) in [6.07, 6.45) is -5.43. The Kier molecular flexibility index (Phi) is 9.66. The van der Waals surface area contributed by atoms with Crippen molar-refractivity contribution in [2.45, 2.75) is 58.4 Å². The van der Waals surface area contributed by atoms with Crippen molar-refractivity contribution in [3.05, 3.63) is 59.0 Å². The van der Waals surface area contributed by atoms with E-state index in [2.05, 4.69) is 0 Å². The lowest BCUT2D eigenvalue weighted by atomic mass is 9.98. The van der Waals surface area contributed by atoms with Gasteiger partial charge in [0, 0.05) is 33.8 Å². The van der Waals surface area contributed by atoms with Crippen LogP contribution in [0.25, 0.3) is 22.1 Å². The molecule has 13 heteroatoms. The van der Waals surface area contributed by atoms with Crippen molar-refractivity contribution in [2.75, 3.05) is 13.7 Å². The molecule has 1 saturated heterocycles. The zero-order valence-electron chi connectivity index (χ0n) is 24.0. The van der Waals surface area contributed by atoms with Gasteiger partial charge in [-0.2, -0.15) is 0 Å². The van der Waals surface area contributed by atoms with Crippen LogP contribution in [0.5, 0.6) is 11.5 Å². The summed E-state index contributed by atoms with van der Waals surface area (Å²) in [5.74, 6) is -2.17. The minimum absolute atomic E-state index is 0.133. The van der Waals surface area contributed by atoms with E-state index in [0.29, 0.717) is 16.9 Å². The molecule has 1 fully saturated rings. The number of hydrogen-bond acceptors (Lipinski definition) is 13. The highest BCUT2D eigenvalue weighted by molar-refractivity contribution is 5.82. The summed E-state index contributed by atoms with van der Waals surface area (Å²) < 4.78 is 44.2. The van der Waals surface area contributed by atoms with Crippen molar-refractivity contribution in [1.29, 1.82) is 0 Å². The average Bonchev–Trinajstić information content (AvgIpc) is 2.94. The fraction of sp³-hybridized carbons (Fsp3) is 0.367. The Morgan fingerprint density at radius 1 is 0.767 bits per heavy atom. The molecule has 0 radical (unpaired) electrons. The summed E-state index contributed by atoms with van der Waals surface area (Å²) in [6.45, 7) is 4.14. The molecule has 1 aliphatic heterocycles. The molecule has 43 heavy (non-hydrogen) atoms. The molecule has 0 spiro atoms. The van der Waals surface area contributed by atoms with Crippen molar-refractivity contribution in [2.24, 2.45) is 0 Å². The fourth-order valence-electron chi connectivity index (χ4n) is 4.57. The molecule has 2 heterocycles. The first-order valence-electron chi connectivity index (χ1n) is 13.1. The first kappa shape index (κ1) is 31.0. The normalized spacial score (nSPS) is 21.4. The van der Waals surface area contributed by atoms with Crippen LogP contribution in [0.15, 0.2) is 57.9 Å². The van der Waals surface area contributed by atoms with Gasteiger partial charge in [-0.15, -0.1) is 0 Å². The van der Waals surface area contributed by atoms with Crippen LogP contribution < -0.4 is 14.9 Å². The van der Waals surface area contributed by atoms with Crippen LogP contribution >= 0.6 is 0 Å². The van der Waals surface area contributed by atoms with Crippen LogP contribution in [0, 0.1) is 0 Å². The highest BCUT2D eigenvalue weighted by Gasteiger charge is 2.53. The maximum Gasteiger partial charge on any atom is 0.303 e. The summed E-state index contributed by atoms with van der Waals surface area (Å²) >= 11 is 0. The lowest BCUT2D eigenvalue weighted by molar-refractivity contribution is -0.288. The molecule has 0 N–H and O–H groups in total. The van der Waals surface area contributed by atoms with Gasteiger partial charge in [0.15, 0.2) is 17.6 Å². The van der Waals surface area contributed by atoms with E-state index in [4.69, 9.17) is 37.6 Å². The van der Waals surface area contributed by atoms with Crippen molar-refractivity contribution >= 4 is 34.8 Å². The molecule has 3 aromatic rings. The highest BCUT2D eigenvalue weighted by atomic mass is 16.7. The van der Waals surface area contributed by atoms with Crippen molar-refractivity contribution in [1.82, 2.24) is 0 Å². The van der Waals surface area contributed by atoms with E-state index in [0.717, 1.165) is 20.8 Å². The van der Waals surface area contributed by atoms with Gasteiger partial charge in [0.1, 0.15) is 36.1 Å². The van der Waals surface area contributed by atoms with Gasteiger partial charge in [0.05, 0.1) is 18.1 Å². The van der Waals surface area contributed by atoms with Crippen LogP contribution in [-0.2, 0) is 42.9 Å². The fourth-order valence-corrected chi connectivity index (χ4v) is 4.57. The van der Waals surface area contributed by atoms with Gasteiger partial charge in [0.2, 0.25) is 12.4 Å². The molecule has 0 aliphatic carbocycles. The van der Waals surface area contributed by atoms with Crippen LogP contribution in [0.4, 0.5) is 0 Å². The van der Waals surface area contributed by atoms with E-state index < -0.39 is 61.2 Å². The minimum Gasteiger partial charge on any atom is -0.497 e. The van der Waals surface area contributed by atoms with E-state index in [1.54, 1.807) is 31.4 Å². The van der Waals surface area contributed by atoms with Crippen LogP contribution in [0.2, 0.25) is 0 Å². The van der Waals surface area contributed by atoms with E-state index in [1.165, 1.54) is 31.4 Å². The Morgan fingerprint density at radius 3 is 1.98 bits per heavy atom.